The van der Waals surface area contributed by atoms with Crippen LogP contribution in [0.15, 0.2) is 0 Å². The van der Waals surface area contributed by atoms with Gasteiger partial charge in [0.15, 0.2) is 0 Å². The summed E-state index contributed by atoms with van der Waals surface area (Å²) in [7, 11) is 1.67. The largest absolute Gasteiger partial charge is 0.395 e. The number of rotatable bonds is 6. The number of amides is 1. The number of nitrogens with zero attached hydrogens (tertiary/aromatic N) is 1. The van der Waals surface area contributed by atoms with Crippen LogP contribution in [-0.4, -0.2) is 60.9 Å². The minimum absolute atomic E-state index is 0.0740. The van der Waals surface area contributed by atoms with Crippen molar-refractivity contribution >= 4 is 5.91 Å². The van der Waals surface area contributed by atoms with Gasteiger partial charge in [0, 0.05) is 13.1 Å². The van der Waals surface area contributed by atoms with Gasteiger partial charge >= 0.3 is 0 Å². The summed E-state index contributed by atoms with van der Waals surface area (Å²) in [5.74, 6) is -0.111. The van der Waals surface area contributed by atoms with Crippen molar-refractivity contribution in [2.24, 2.45) is 0 Å². The molecule has 0 unspecified atom stereocenters. The Hall–Kier alpha value is -0.650. The van der Waals surface area contributed by atoms with Gasteiger partial charge in [-0.05, 0) is 7.05 Å². The highest BCUT2D eigenvalue weighted by molar-refractivity contribution is 5.78. The van der Waals surface area contributed by atoms with Crippen LogP contribution >= 0.6 is 0 Å². The molecule has 5 nitrogen and oxygen atoms in total. The predicted octanol–water partition coefficient (Wildman–Crippen LogP) is -1.98. The fourth-order valence-corrected chi connectivity index (χ4v) is 0.866. The summed E-state index contributed by atoms with van der Waals surface area (Å²) in [5, 5.41) is 19.9. The highest BCUT2D eigenvalue weighted by Crippen LogP contribution is 1.87. The normalized spacial score (nSPS) is 9.92. The summed E-state index contributed by atoms with van der Waals surface area (Å²) in [6.45, 7) is 0.646. The van der Waals surface area contributed by atoms with Gasteiger partial charge in [-0.2, -0.15) is 0 Å². The molecule has 0 aromatic rings. The van der Waals surface area contributed by atoms with Crippen molar-refractivity contribution in [1.82, 2.24) is 10.2 Å². The maximum absolute atomic E-state index is 11.2. The number of aliphatic hydroxyl groups excluding tert-OH is 2. The van der Waals surface area contributed by atoms with Crippen molar-refractivity contribution in [1.29, 1.82) is 0 Å². The predicted molar refractivity (Wildman–Crippen MR) is 44.7 cm³/mol. The second-order valence-corrected chi connectivity index (χ2v) is 2.36. The van der Waals surface area contributed by atoms with E-state index in [2.05, 4.69) is 5.32 Å². The molecular weight excluding hydrogens is 160 g/mol. The molecule has 0 radical (unpaired) electrons. The van der Waals surface area contributed by atoms with E-state index in [4.69, 9.17) is 10.2 Å². The molecule has 0 aromatic heterocycles. The second-order valence-electron chi connectivity index (χ2n) is 2.36. The van der Waals surface area contributed by atoms with Crippen molar-refractivity contribution in [3.8, 4) is 0 Å². The van der Waals surface area contributed by atoms with E-state index in [-0.39, 0.29) is 38.8 Å². The summed E-state index contributed by atoms with van der Waals surface area (Å²) >= 11 is 0. The Morgan fingerprint density at radius 1 is 1.33 bits per heavy atom. The van der Waals surface area contributed by atoms with Gasteiger partial charge in [0.25, 0.3) is 0 Å². The lowest BCUT2D eigenvalue weighted by Gasteiger charge is -2.20. The van der Waals surface area contributed by atoms with Gasteiger partial charge in [0.2, 0.25) is 5.91 Å². The first kappa shape index (κ1) is 11.4. The fourth-order valence-electron chi connectivity index (χ4n) is 0.866. The SMILES string of the molecule is CNCC(=O)N(CCO)CCO. The van der Waals surface area contributed by atoms with Crippen molar-refractivity contribution in [3.63, 3.8) is 0 Å². The smallest absolute Gasteiger partial charge is 0.236 e. The molecule has 0 aliphatic heterocycles. The van der Waals surface area contributed by atoms with E-state index < -0.39 is 0 Å². The first-order valence-corrected chi connectivity index (χ1v) is 3.90. The van der Waals surface area contributed by atoms with Gasteiger partial charge < -0.3 is 20.4 Å². The lowest BCUT2D eigenvalue weighted by atomic mass is 10.4. The Kier molecular flexibility index (Phi) is 6.64. The van der Waals surface area contributed by atoms with Crippen LogP contribution in [0.1, 0.15) is 0 Å². The van der Waals surface area contributed by atoms with Crippen LogP contribution in [0.25, 0.3) is 0 Å². The first-order valence-electron chi connectivity index (χ1n) is 3.90. The zero-order valence-electron chi connectivity index (χ0n) is 7.29. The molecule has 12 heavy (non-hydrogen) atoms. The molecule has 0 bridgehead atoms. The lowest BCUT2D eigenvalue weighted by Crippen LogP contribution is -2.40. The third kappa shape index (κ3) is 4.27. The number of carbonyl (C=O) groups is 1. The standard InChI is InChI=1S/C7H16N2O3/c1-8-6-7(12)9(2-4-10)3-5-11/h8,10-11H,2-6H2,1H3. The number of carbonyl (C=O) groups excluding carboxylic acids is 1. The molecule has 0 aliphatic rings. The number of nitrogens with one attached hydrogen (secondary N) is 1. The zero-order chi connectivity index (χ0) is 9.40. The summed E-state index contributed by atoms with van der Waals surface area (Å²) in [6.07, 6.45) is 0. The molecule has 0 saturated carbocycles. The summed E-state index contributed by atoms with van der Waals surface area (Å²) in [4.78, 5) is 12.6. The van der Waals surface area contributed by atoms with E-state index >= 15 is 0 Å². The quantitative estimate of drug-likeness (QED) is 0.438. The monoisotopic (exact) mass is 176 g/mol. The topological polar surface area (TPSA) is 72.8 Å². The Labute approximate surface area is 72.0 Å². The third-order valence-corrected chi connectivity index (χ3v) is 1.42. The molecule has 0 rings (SSSR count). The van der Waals surface area contributed by atoms with Crippen LogP contribution in [-0.2, 0) is 4.79 Å². The molecule has 1 amide bonds. The molecular formula is C7H16N2O3. The average Bonchev–Trinajstić information content (AvgIpc) is 2.04. The van der Waals surface area contributed by atoms with E-state index in [9.17, 15) is 4.79 Å². The second kappa shape index (κ2) is 7.02. The first-order chi connectivity index (χ1) is 5.76. The Bertz CT molecular complexity index is 124. The van der Waals surface area contributed by atoms with Gasteiger partial charge in [-0.3, -0.25) is 4.79 Å². The lowest BCUT2D eigenvalue weighted by molar-refractivity contribution is -0.131. The molecule has 0 spiro atoms. The van der Waals surface area contributed by atoms with Gasteiger partial charge in [0.05, 0.1) is 19.8 Å². The number of likely N-dealkylation sites (N-methyl/N-ethyl adjacent to an activating group) is 1. The molecule has 0 aromatic carbocycles. The minimum atomic E-state index is -0.111. The van der Waals surface area contributed by atoms with Crippen molar-refractivity contribution in [2.45, 2.75) is 0 Å². The molecule has 3 N–H and O–H groups in total. The van der Waals surface area contributed by atoms with E-state index in [1.165, 1.54) is 4.90 Å². The van der Waals surface area contributed by atoms with Crippen LogP contribution in [0.2, 0.25) is 0 Å². The summed E-state index contributed by atoms with van der Waals surface area (Å²) < 4.78 is 0. The molecule has 0 aliphatic carbocycles. The van der Waals surface area contributed by atoms with Crippen LogP contribution in [0, 0.1) is 0 Å². The maximum Gasteiger partial charge on any atom is 0.236 e. The molecule has 0 fully saturated rings. The Balaban J connectivity index is 3.81. The van der Waals surface area contributed by atoms with E-state index in [1.807, 2.05) is 0 Å². The molecule has 5 heteroatoms. The molecule has 0 atom stereocenters. The minimum Gasteiger partial charge on any atom is -0.395 e. The van der Waals surface area contributed by atoms with E-state index in [0.29, 0.717) is 0 Å². The van der Waals surface area contributed by atoms with Crippen LogP contribution in [0.4, 0.5) is 0 Å². The number of aliphatic hydroxyl groups is 2. The fraction of sp³-hybridized carbons (Fsp3) is 0.857. The van der Waals surface area contributed by atoms with Crippen LogP contribution < -0.4 is 5.32 Å². The van der Waals surface area contributed by atoms with Crippen LogP contribution in [0.3, 0.4) is 0 Å². The number of hydrogen-bond donors (Lipinski definition) is 3. The van der Waals surface area contributed by atoms with Crippen molar-refractivity contribution < 1.29 is 15.0 Å². The van der Waals surface area contributed by atoms with E-state index in [0.717, 1.165) is 0 Å². The van der Waals surface area contributed by atoms with Crippen molar-refractivity contribution in [2.75, 3.05) is 39.9 Å². The zero-order valence-corrected chi connectivity index (χ0v) is 7.29. The van der Waals surface area contributed by atoms with Gasteiger partial charge in [-0.15, -0.1) is 0 Å². The summed E-state index contributed by atoms with van der Waals surface area (Å²) in [5.41, 5.74) is 0. The Morgan fingerprint density at radius 2 is 1.83 bits per heavy atom. The molecule has 72 valence electrons. The molecule has 0 heterocycles. The highest BCUT2D eigenvalue weighted by Gasteiger charge is 2.10. The number of hydrogen-bond acceptors (Lipinski definition) is 4. The van der Waals surface area contributed by atoms with Gasteiger partial charge in [-0.1, -0.05) is 0 Å². The van der Waals surface area contributed by atoms with Gasteiger partial charge in [0.1, 0.15) is 0 Å². The van der Waals surface area contributed by atoms with Crippen LogP contribution in [0.5, 0.6) is 0 Å². The summed E-state index contributed by atoms with van der Waals surface area (Å²) in [6, 6.07) is 0. The van der Waals surface area contributed by atoms with Crippen molar-refractivity contribution in [3.05, 3.63) is 0 Å². The Morgan fingerprint density at radius 3 is 2.17 bits per heavy atom. The average molecular weight is 176 g/mol. The highest BCUT2D eigenvalue weighted by atomic mass is 16.3. The van der Waals surface area contributed by atoms with Gasteiger partial charge in [-0.25, -0.2) is 0 Å². The molecule has 0 saturated heterocycles. The van der Waals surface area contributed by atoms with E-state index in [1.54, 1.807) is 7.05 Å². The third-order valence-electron chi connectivity index (χ3n) is 1.42. The maximum atomic E-state index is 11.2.